The summed E-state index contributed by atoms with van der Waals surface area (Å²) < 4.78 is 7.50. The first-order valence-corrected chi connectivity index (χ1v) is 8.55. The number of hydrogen-bond acceptors (Lipinski definition) is 4. The van der Waals surface area contributed by atoms with Crippen molar-refractivity contribution in [3.05, 3.63) is 60.6 Å². The molecule has 3 rings (SSSR count). The van der Waals surface area contributed by atoms with Crippen LogP contribution in [0.1, 0.15) is 38.1 Å². The molecule has 1 amide bonds. The first kappa shape index (κ1) is 17.0. The van der Waals surface area contributed by atoms with Gasteiger partial charge >= 0.3 is 0 Å². The summed E-state index contributed by atoms with van der Waals surface area (Å²) in [5.41, 5.74) is 0.778. The van der Waals surface area contributed by atoms with Crippen LogP contribution < -0.4 is 10.1 Å². The highest BCUT2D eigenvalue weighted by molar-refractivity contribution is 5.76. The van der Waals surface area contributed by atoms with Crippen LogP contribution in [-0.4, -0.2) is 27.1 Å². The summed E-state index contributed by atoms with van der Waals surface area (Å²) >= 11 is 0. The van der Waals surface area contributed by atoms with Gasteiger partial charge in [-0.2, -0.15) is 0 Å². The number of aromatic nitrogens is 3. The van der Waals surface area contributed by atoms with Gasteiger partial charge in [-0.15, -0.1) is 10.2 Å². The third kappa shape index (κ3) is 4.35. The summed E-state index contributed by atoms with van der Waals surface area (Å²) in [5.74, 6) is 1.47. The molecule has 0 spiro atoms. The Morgan fingerprint density at radius 3 is 2.76 bits per heavy atom. The van der Waals surface area contributed by atoms with Gasteiger partial charge in [-0.3, -0.25) is 9.20 Å². The van der Waals surface area contributed by atoms with Crippen LogP contribution in [0.2, 0.25) is 0 Å². The molecule has 6 nitrogen and oxygen atoms in total. The third-order valence-electron chi connectivity index (χ3n) is 3.91. The lowest BCUT2D eigenvalue weighted by Gasteiger charge is -2.16. The molecule has 2 aromatic heterocycles. The summed E-state index contributed by atoms with van der Waals surface area (Å²) in [6.07, 6.45) is 3.96. The molecule has 3 aromatic rings. The number of benzene rings is 1. The van der Waals surface area contributed by atoms with E-state index < -0.39 is 0 Å². The lowest BCUT2D eigenvalue weighted by atomic mass is 10.1. The van der Waals surface area contributed by atoms with E-state index in [2.05, 4.69) is 22.4 Å². The molecule has 1 N–H and O–H groups in total. The molecule has 0 unspecified atom stereocenters. The SMILES string of the molecule is CCC[C@H](NC(=O)CCOc1ccccc1)c1nnc2ccccn12. The van der Waals surface area contributed by atoms with E-state index in [1.807, 2.05) is 59.1 Å². The zero-order valence-corrected chi connectivity index (χ0v) is 14.3. The summed E-state index contributed by atoms with van der Waals surface area (Å²) in [6, 6.07) is 15.1. The molecule has 0 radical (unpaired) electrons. The molecule has 0 saturated heterocycles. The molecule has 1 atom stereocenters. The van der Waals surface area contributed by atoms with Crippen LogP contribution in [0.5, 0.6) is 5.75 Å². The van der Waals surface area contributed by atoms with Crippen LogP contribution in [0.4, 0.5) is 0 Å². The number of amides is 1. The standard InChI is InChI=1S/C19H22N4O2/c1-2-8-16(19-22-21-17-11-6-7-13-23(17)19)20-18(24)12-14-25-15-9-4-3-5-10-15/h3-7,9-11,13,16H,2,8,12,14H2,1H3,(H,20,24)/t16-/m0/s1. The van der Waals surface area contributed by atoms with E-state index in [4.69, 9.17) is 4.74 Å². The molecule has 6 heteroatoms. The number of nitrogens with zero attached hydrogens (tertiary/aromatic N) is 3. The van der Waals surface area contributed by atoms with Crippen molar-refractivity contribution in [2.45, 2.75) is 32.2 Å². The van der Waals surface area contributed by atoms with Crippen LogP contribution in [0, 0.1) is 0 Å². The normalized spacial score (nSPS) is 12.0. The van der Waals surface area contributed by atoms with Crippen molar-refractivity contribution in [1.29, 1.82) is 0 Å². The molecular formula is C19H22N4O2. The number of rotatable bonds is 8. The largest absolute Gasteiger partial charge is 0.493 e. The Balaban J connectivity index is 1.60. The third-order valence-corrected chi connectivity index (χ3v) is 3.91. The Morgan fingerprint density at radius 1 is 1.16 bits per heavy atom. The van der Waals surface area contributed by atoms with Crippen molar-refractivity contribution in [3.8, 4) is 5.75 Å². The minimum Gasteiger partial charge on any atom is -0.493 e. The zero-order chi connectivity index (χ0) is 17.5. The van der Waals surface area contributed by atoms with Crippen LogP contribution in [-0.2, 0) is 4.79 Å². The second-order valence-electron chi connectivity index (χ2n) is 5.81. The van der Waals surface area contributed by atoms with E-state index in [1.165, 1.54) is 0 Å². The number of hydrogen-bond donors (Lipinski definition) is 1. The van der Waals surface area contributed by atoms with Gasteiger partial charge in [0, 0.05) is 6.20 Å². The van der Waals surface area contributed by atoms with Crippen LogP contribution in [0.15, 0.2) is 54.7 Å². The van der Waals surface area contributed by atoms with Crippen molar-refractivity contribution in [2.24, 2.45) is 0 Å². The smallest absolute Gasteiger partial charge is 0.224 e. The van der Waals surface area contributed by atoms with E-state index in [0.717, 1.165) is 30.1 Å². The molecular weight excluding hydrogens is 316 g/mol. The summed E-state index contributed by atoms with van der Waals surface area (Å²) in [6.45, 7) is 2.43. The molecule has 2 heterocycles. The Kier molecular flexibility index (Phi) is 5.61. The lowest BCUT2D eigenvalue weighted by Crippen LogP contribution is -2.30. The van der Waals surface area contributed by atoms with E-state index in [9.17, 15) is 4.79 Å². The molecule has 0 aliphatic carbocycles. The molecule has 0 aliphatic heterocycles. The fourth-order valence-electron chi connectivity index (χ4n) is 2.70. The second-order valence-corrected chi connectivity index (χ2v) is 5.81. The highest BCUT2D eigenvalue weighted by Crippen LogP contribution is 2.18. The molecule has 25 heavy (non-hydrogen) atoms. The number of ether oxygens (including phenoxy) is 1. The Labute approximate surface area is 146 Å². The number of para-hydroxylation sites is 1. The highest BCUT2D eigenvalue weighted by Gasteiger charge is 2.19. The number of carbonyl (C=O) groups excluding carboxylic acids is 1. The maximum absolute atomic E-state index is 12.3. The van der Waals surface area contributed by atoms with Gasteiger partial charge in [0.1, 0.15) is 5.75 Å². The summed E-state index contributed by atoms with van der Waals surface area (Å²) in [5, 5.41) is 11.5. The fraction of sp³-hybridized carbons (Fsp3) is 0.316. The van der Waals surface area contributed by atoms with Gasteiger partial charge in [0.05, 0.1) is 19.1 Å². The van der Waals surface area contributed by atoms with E-state index in [0.29, 0.717) is 13.0 Å². The monoisotopic (exact) mass is 338 g/mol. The Morgan fingerprint density at radius 2 is 1.96 bits per heavy atom. The van der Waals surface area contributed by atoms with Crippen LogP contribution >= 0.6 is 0 Å². The van der Waals surface area contributed by atoms with Crippen LogP contribution in [0.25, 0.3) is 5.65 Å². The lowest BCUT2D eigenvalue weighted by molar-refractivity contribution is -0.122. The topological polar surface area (TPSA) is 68.5 Å². The van der Waals surface area contributed by atoms with Crippen molar-refractivity contribution in [1.82, 2.24) is 19.9 Å². The molecule has 130 valence electrons. The van der Waals surface area contributed by atoms with Crippen LogP contribution in [0.3, 0.4) is 0 Å². The van der Waals surface area contributed by atoms with Crippen molar-refractivity contribution < 1.29 is 9.53 Å². The van der Waals surface area contributed by atoms with E-state index in [1.54, 1.807) is 0 Å². The first-order chi connectivity index (χ1) is 12.3. The predicted molar refractivity (Wildman–Crippen MR) is 95.3 cm³/mol. The average Bonchev–Trinajstić information content (AvgIpc) is 3.06. The van der Waals surface area contributed by atoms with Gasteiger partial charge in [-0.25, -0.2) is 0 Å². The minimum atomic E-state index is -0.161. The quantitative estimate of drug-likeness (QED) is 0.685. The average molecular weight is 338 g/mol. The van der Waals surface area contributed by atoms with E-state index >= 15 is 0 Å². The van der Waals surface area contributed by atoms with Gasteiger partial charge in [0.2, 0.25) is 5.91 Å². The molecule has 1 aromatic carbocycles. The highest BCUT2D eigenvalue weighted by atomic mass is 16.5. The molecule has 0 aliphatic rings. The van der Waals surface area contributed by atoms with Gasteiger partial charge < -0.3 is 10.1 Å². The first-order valence-electron chi connectivity index (χ1n) is 8.55. The predicted octanol–water partition coefficient (Wildman–Crippen LogP) is 3.16. The van der Waals surface area contributed by atoms with Gasteiger partial charge in [0.25, 0.3) is 0 Å². The fourth-order valence-corrected chi connectivity index (χ4v) is 2.70. The molecule has 0 fully saturated rings. The molecule has 0 bridgehead atoms. The van der Waals surface area contributed by atoms with Gasteiger partial charge in [0.15, 0.2) is 11.5 Å². The van der Waals surface area contributed by atoms with Crippen molar-refractivity contribution in [3.63, 3.8) is 0 Å². The maximum atomic E-state index is 12.3. The van der Waals surface area contributed by atoms with Crippen molar-refractivity contribution in [2.75, 3.05) is 6.61 Å². The van der Waals surface area contributed by atoms with Crippen molar-refractivity contribution >= 4 is 11.6 Å². The maximum Gasteiger partial charge on any atom is 0.224 e. The Bertz CT molecular complexity index is 816. The minimum absolute atomic E-state index is 0.0536. The number of carbonyl (C=O) groups is 1. The summed E-state index contributed by atoms with van der Waals surface area (Å²) in [7, 11) is 0. The number of nitrogens with one attached hydrogen (secondary N) is 1. The Hall–Kier alpha value is -2.89. The zero-order valence-electron chi connectivity index (χ0n) is 14.3. The molecule has 0 saturated carbocycles. The number of fused-ring (bicyclic) bond motifs is 1. The van der Waals surface area contributed by atoms with Gasteiger partial charge in [-0.05, 0) is 30.7 Å². The summed E-state index contributed by atoms with van der Waals surface area (Å²) in [4.78, 5) is 12.3. The van der Waals surface area contributed by atoms with E-state index in [-0.39, 0.29) is 11.9 Å². The van der Waals surface area contributed by atoms with Gasteiger partial charge in [-0.1, -0.05) is 37.6 Å². The second kappa shape index (κ2) is 8.28. The number of pyridine rings is 1.